The van der Waals surface area contributed by atoms with E-state index in [4.69, 9.17) is 0 Å². The Bertz CT molecular complexity index is 462. The monoisotopic (exact) mass is 465 g/mol. The summed E-state index contributed by atoms with van der Waals surface area (Å²) in [6.45, 7) is 21.8. The van der Waals surface area contributed by atoms with Crippen LogP contribution in [0, 0.1) is 29.6 Å². The molecule has 0 amide bonds. The van der Waals surface area contributed by atoms with Gasteiger partial charge in [-0.3, -0.25) is 0 Å². The minimum absolute atomic E-state index is 0.828. The zero-order chi connectivity index (χ0) is 19.8. The zero-order valence-corrected chi connectivity index (χ0v) is 21.1. The first-order valence-electron chi connectivity index (χ1n) is 10.1. The van der Waals surface area contributed by atoms with Crippen LogP contribution in [0.25, 0.3) is 0 Å². The Morgan fingerprint density at radius 1 is 0.500 bits per heavy atom. The molecular formula is C22H39N3Sn. The quantitative estimate of drug-likeness (QED) is 0.384. The van der Waals surface area contributed by atoms with Crippen molar-refractivity contribution in [2.75, 3.05) is 58.9 Å². The molecule has 146 valence electrons. The second kappa shape index (κ2) is 15.4. The fourth-order valence-corrected chi connectivity index (χ4v) is 6.66. The summed E-state index contributed by atoms with van der Waals surface area (Å²) in [7, 11) is 0. The Balaban J connectivity index is 5.29. The van der Waals surface area contributed by atoms with Crippen molar-refractivity contribution in [2.24, 2.45) is 0 Å². The zero-order valence-electron chi connectivity index (χ0n) is 18.2. The normalized spacial score (nSPS) is 10.8. The molecule has 0 aromatic carbocycles. The molecule has 0 atom stereocenters. The molecule has 0 N–H and O–H groups in total. The van der Waals surface area contributed by atoms with Crippen LogP contribution in [0.1, 0.15) is 41.5 Å². The molecule has 0 spiro atoms. The van der Waals surface area contributed by atoms with Gasteiger partial charge in [0, 0.05) is 0 Å². The summed E-state index contributed by atoms with van der Waals surface area (Å²) >= 11 is -3.02. The Hall–Kier alpha value is -0.641. The van der Waals surface area contributed by atoms with Crippen molar-refractivity contribution in [3.8, 4) is 29.6 Å². The molecule has 0 bridgehead atoms. The molecule has 0 heterocycles. The molecule has 0 fully saturated rings. The van der Waals surface area contributed by atoms with Gasteiger partial charge in [0.15, 0.2) is 0 Å². The molecule has 0 aliphatic rings. The van der Waals surface area contributed by atoms with Crippen molar-refractivity contribution < 1.29 is 0 Å². The predicted octanol–water partition coefficient (Wildman–Crippen LogP) is 2.72. The third-order valence-electron chi connectivity index (χ3n) is 4.61. The fraction of sp³-hybridized carbons (Fsp3) is 0.727. The molecule has 0 aromatic heterocycles. The average molecular weight is 464 g/mol. The van der Waals surface area contributed by atoms with E-state index in [2.05, 4.69) is 90.8 Å². The Morgan fingerprint density at radius 2 is 0.731 bits per heavy atom. The molecule has 26 heavy (non-hydrogen) atoms. The molecule has 3 nitrogen and oxygen atoms in total. The van der Waals surface area contributed by atoms with Gasteiger partial charge in [0.25, 0.3) is 0 Å². The SMILES string of the molecule is CCN(CC)CC#[C][Sn]([CH3])([C]#CCN(CC)CC)[C]#CCN(CC)CC. The van der Waals surface area contributed by atoms with Crippen molar-refractivity contribution in [1.82, 2.24) is 14.7 Å². The first kappa shape index (κ1) is 25.4. The fourth-order valence-electron chi connectivity index (χ4n) is 2.42. The third kappa shape index (κ3) is 11.2. The van der Waals surface area contributed by atoms with Crippen LogP contribution >= 0.6 is 0 Å². The predicted molar refractivity (Wildman–Crippen MR) is 118 cm³/mol. The van der Waals surface area contributed by atoms with Gasteiger partial charge in [-0.1, -0.05) is 0 Å². The van der Waals surface area contributed by atoms with Gasteiger partial charge in [-0.05, 0) is 0 Å². The first-order valence-corrected chi connectivity index (χ1v) is 17.3. The maximum absolute atomic E-state index is 3.55. The molecule has 0 saturated heterocycles. The molecule has 0 aromatic rings. The second-order valence-electron chi connectivity index (χ2n) is 6.41. The van der Waals surface area contributed by atoms with E-state index < -0.39 is 18.4 Å². The van der Waals surface area contributed by atoms with Crippen molar-refractivity contribution in [2.45, 2.75) is 46.5 Å². The van der Waals surface area contributed by atoms with Gasteiger partial charge in [-0.15, -0.1) is 0 Å². The van der Waals surface area contributed by atoms with Crippen molar-refractivity contribution in [3.05, 3.63) is 0 Å². The van der Waals surface area contributed by atoms with Crippen LogP contribution in [-0.2, 0) is 0 Å². The Kier molecular flexibility index (Phi) is 15.0. The van der Waals surface area contributed by atoms with E-state index in [-0.39, 0.29) is 0 Å². The summed E-state index contributed by atoms with van der Waals surface area (Å²) in [5.41, 5.74) is 0. The molecular weight excluding hydrogens is 425 g/mol. The van der Waals surface area contributed by atoms with Crippen LogP contribution in [0.4, 0.5) is 0 Å². The van der Waals surface area contributed by atoms with Crippen LogP contribution in [0.15, 0.2) is 0 Å². The number of hydrogen-bond donors (Lipinski definition) is 0. The van der Waals surface area contributed by atoms with Gasteiger partial charge in [-0.2, -0.15) is 0 Å². The summed E-state index contributed by atoms with van der Waals surface area (Å²) < 4.78 is 10.6. The number of hydrogen-bond acceptors (Lipinski definition) is 3. The molecule has 4 heteroatoms. The maximum atomic E-state index is 3.55. The average Bonchev–Trinajstić information content (AvgIpc) is 2.66. The first-order chi connectivity index (χ1) is 12.5. The topological polar surface area (TPSA) is 9.72 Å². The van der Waals surface area contributed by atoms with Crippen LogP contribution in [0.3, 0.4) is 0 Å². The van der Waals surface area contributed by atoms with Gasteiger partial charge < -0.3 is 0 Å². The van der Waals surface area contributed by atoms with Gasteiger partial charge in [-0.25, -0.2) is 0 Å². The number of nitrogens with zero attached hydrogens (tertiary/aromatic N) is 3. The third-order valence-corrected chi connectivity index (χ3v) is 10.4. The number of rotatable bonds is 9. The van der Waals surface area contributed by atoms with Crippen molar-refractivity contribution in [3.63, 3.8) is 0 Å². The van der Waals surface area contributed by atoms with E-state index in [1.54, 1.807) is 0 Å². The van der Waals surface area contributed by atoms with E-state index in [1.807, 2.05) is 0 Å². The van der Waals surface area contributed by atoms with Crippen LogP contribution < -0.4 is 0 Å². The summed E-state index contributed by atoms with van der Waals surface area (Å²) in [4.78, 5) is 9.28. The van der Waals surface area contributed by atoms with Crippen LogP contribution in [-0.4, -0.2) is 92.0 Å². The van der Waals surface area contributed by atoms with Gasteiger partial charge in [0.2, 0.25) is 0 Å². The Morgan fingerprint density at radius 3 is 0.923 bits per heavy atom. The molecule has 0 radical (unpaired) electrons. The molecule has 0 unspecified atom stereocenters. The van der Waals surface area contributed by atoms with E-state index in [1.165, 1.54) is 0 Å². The van der Waals surface area contributed by atoms with E-state index >= 15 is 0 Å². The summed E-state index contributed by atoms with van der Waals surface area (Å²) in [6, 6.07) is 0. The van der Waals surface area contributed by atoms with E-state index in [9.17, 15) is 0 Å². The van der Waals surface area contributed by atoms with Gasteiger partial charge in [0.1, 0.15) is 0 Å². The standard InChI is InChI=1S/3C7H12N.CH3.Sn/c3*1-4-7-8(5-2)6-3;;/h3*5-7H2,2-3H3;1H3;. The molecule has 0 aliphatic heterocycles. The van der Waals surface area contributed by atoms with Gasteiger partial charge >= 0.3 is 168 Å². The minimum atomic E-state index is -3.02. The molecule has 0 saturated carbocycles. The molecule has 0 aliphatic carbocycles. The van der Waals surface area contributed by atoms with Crippen LogP contribution in [0.2, 0.25) is 4.94 Å². The second-order valence-corrected chi connectivity index (χ2v) is 15.0. The summed E-state index contributed by atoms with van der Waals surface area (Å²) in [5, 5.41) is 0. The molecule has 0 rings (SSSR count). The van der Waals surface area contributed by atoms with Crippen LogP contribution in [0.5, 0.6) is 0 Å². The van der Waals surface area contributed by atoms with E-state index in [0.717, 1.165) is 58.9 Å². The van der Waals surface area contributed by atoms with Gasteiger partial charge in [0.05, 0.1) is 0 Å². The van der Waals surface area contributed by atoms with Crippen molar-refractivity contribution >= 4 is 18.4 Å². The Labute approximate surface area is 167 Å². The van der Waals surface area contributed by atoms with E-state index in [0.29, 0.717) is 0 Å². The summed E-state index contributed by atoms with van der Waals surface area (Å²) in [5.74, 6) is 10.2. The van der Waals surface area contributed by atoms with Crippen molar-refractivity contribution in [1.29, 1.82) is 0 Å². The summed E-state index contributed by atoms with van der Waals surface area (Å²) in [6.07, 6.45) is 0.